The maximum Gasteiger partial charge on any atom is 0.247 e. The second kappa shape index (κ2) is 14.0. The molecule has 0 bridgehead atoms. The molecule has 3 fully saturated rings. The minimum Gasteiger partial charge on any atom is -0.494 e. The minimum atomic E-state index is -0.322. The van der Waals surface area contributed by atoms with E-state index in [0.29, 0.717) is 59.0 Å². The van der Waals surface area contributed by atoms with Crippen molar-refractivity contribution in [2.45, 2.75) is 38.3 Å². The number of aromatic nitrogens is 2. The largest absolute Gasteiger partial charge is 0.494 e. The SMILES string of the molecule is C=CC(=O)Nc1cc(Nc2cc(N3OCCC3c3cccc(C)c3F)ncn2)c(OC)cc1N1CCC(N2CCN(C)CC2)CC1. The van der Waals surface area contributed by atoms with Gasteiger partial charge in [0.1, 0.15) is 23.7 Å². The average molecular weight is 631 g/mol. The van der Waals surface area contributed by atoms with E-state index < -0.39 is 0 Å². The Bertz CT molecular complexity index is 1560. The van der Waals surface area contributed by atoms with Crippen LogP contribution >= 0.6 is 0 Å². The van der Waals surface area contributed by atoms with E-state index in [1.54, 1.807) is 37.3 Å². The Hall–Kier alpha value is -4.26. The van der Waals surface area contributed by atoms with Gasteiger partial charge in [0.25, 0.3) is 0 Å². The van der Waals surface area contributed by atoms with Crippen LogP contribution in [-0.2, 0) is 9.63 Å². The molecule has 1 amide bonds. The molecule has 0 saturated carbocycles. The highest BCUT2D eigenvalue weighted by Gasteiger charge is 2.32. The number of benzene rings is 2. The summed E-state index contributed by atoms with van der Waals surface area (Å²) in [5.74, 6) is 1.06. The Labute approximate surface area is 269 Å². The van der Waals surface area contributed by atoms with E-state index in [0.717, 1.165) is 57.8 Å². The van der Waals surface area contributed by atoms with Gasteiger partial charge in [0, 0.05) is 69.4 Å². The van der Waals surface area contributed by atoms with Gasteiger partial charge in [-0.1, -0.05) is 24.8 Å². The smallest absolute Gasteiger partial charge is 0.247 e. The Morgan fingerprint density at radius 3 is 2.59 bits per heavy atom. The Morgan fingerprint density at radius 1 is 1.07 bits per heavy atom. The number of rotatable bonds is 9. The van der Waals surface area contributed by atoms with Gasteiger partial charge in [-0.25, -0.2) is 19.4 Å². The number of anilines is 5. The maximum absolute atomic E-state index is 15.0. The number of ether oxygens (including phenoxy) is 1. The third kappa shape index (κ3) is 6.79. The number of aryl methyl sites for hydroxylation is 1. The molecule has 2 N–H and O–H groups in total. The Kier molecular flexibility index (Phi) is 9.67. The molecule has 6 rings (SSSR count). The highest BCUT2D eigenvalue weighted by atomic mass is 19.1. The summed E-state index contributed by atoms with van der Waals surface area (Å²) in [6, 6.07) is 11.2. The molecule has 0 spiro atoms. The van der Waals surface area contributed by atoms with Crippen LogP contribution in [0.1, 0.15) is 36.4 Å². The van der Waals surface area contributed by atoms with Crippen LogP contribution in [0.4, 0.5) is 33.1 Å². The fraction of sp³-hybridized carbons (Fsp3) is 0.441. The molecule has 3 aromatic rings. The first-order valence-electron chi connectivity index (χ1n) is 15.9. The normalized spacial score (nSPS) is 19.7. The first-order chi connectivity index (χ1) is 22.3. The van der Waals surface area contributed by atoms with Gasteiger partial charge in [-0.2, -0.15) is 0 Å². The van der Waals surface area contributed by atoms with E-state index in [2.05, 4.69) is 48.9 Å². The molecule has 1 atom stereocenters. The lowest BCUT2D eigenvalue weighted by Gasteiger charge is -2.43. The van der Waals surface area contributed by atoms with E-state index in [9.17, 15) is 4.79 Å². The van der Waals surface area contributed by atoms with Crippen LogP contribution in [0.3, 0.4) is 0 Å². The number of carbonyl (C=O) groups excluding carboxylic acids is 1. The van der Waals surface area contributed by atoms with Crippen molar-refractivity contribution in [3.63, 3.8) is 0 Å². The van der Waals surface area contributed by atoms with Gasteiger partial charge in [0.2, 0.25) is 5.91 Å². The number of nitrogens with one attached hydrogen (secondary N) is 2. The summed E-state index contributed by atoms with van der Waals surface area (Å²) in [7, 11) is 3.80. The predicted molar refractivity (Wildman–Crippen MR) is 178 cm³/mol. The summed E-state index contributed by atoms with van der Waals surface area (Å²) in [4.78, 5) is 34.6. The molecule has 1 unspecified atom stereocenters. The summed E-state index contributed by atoms with van der Waals surface area (Å²) >= 11 is 0. The van der Waals surface area contributed by atoms with E-state index >= 15 is 4.39 Å². The third-order valence-electron chi connectivity index (χ3n) is 9.25. The molecule has 46 heavy (non-hydrogen) atoms. The molecule has 11 nitrogen and oxygen atoms in total. The standard InChI is InChI=1S/C34H43FN8O3/c1-5-33(44)39-26-19-27(30(45-4)20-29(26)42-12-9-24(10-13-42)41-16-14-40(3)15-17-41)38-31-21-32(37-22-36-31)43-28(11-18-46-43)25-8-6-7-23(2)34(25)35/h5-8,19-22,24,28H,1,9-18H2,2-4H3,(H,39,44)(H,36,37,38). The van der Waals surface area contributed by atoms with Crippen molar-refractivity contribution in [1.29, 1.82) is 0 Å². The second-order valence-corrected chi connectivity index (χ2v) is 12.1. The van der Waals surface area contributed by atoms with E-state index in [1.807, 2.05) is 18.2 Å². The van der Waals surface area contributed by atoms with Gasteiger partial charge < -0.3 is 25.2 Å². The Morgan fingerprint density at radius 2 is 1.85 bits per heavy atom. The number of hydrogen-bond acceptors (Lipinski definition) is 10. The van der Waals surface area contributed by atoms with Crippen molar-refractivity contribution in [2.24, 2.45) is 0 Å². The molecule has 3 aliphatic rings. The summed E-state index contributed by atoms with van der Waals surface area (Å²) in [6.45, 7) is 12.0. The zero-order chi connectivity index (χ0) is 32.2. The summed E-state index contributed by atoms with van der Waals surface area (Å²) in [6.07, 6.45) is 5.43. The van der Waals surface area contributed by atoms with E-state index in [1.165, 1.54) is 12.4 Å². The molecule has 4 heterocycles. The van der Waals surface area contributed by atoms with Crippen molar-refractivity contribution >= 4 is 34.6 Å². The van der Waals surface area contributed by atoms with Gasteiger partial charge >= 0.3 is 0 Å². The lowest BCUT2D eigenvalue weighted by Crippen LogP contribution is -2.52. The molecule has 3 saturated heterocycles. The van der Waals surface area contributed by atoms with Crippen LogP contribution < -0.4 is 25.3 Å². The van der Waals surface area contributed by atoms with Crippen LogP contribution in [-0.4, -0.2) is 91.7 Å². The van der Waals surface area contributed by atoms with Crippen molar-refractivity contribution in [2.75, 3.05) is 80.6 Å². The van der Waals surface area contributed by atoms with Crippen LogP contribution in [0.25, 0.3) is 0 Å². The van der Waals surface area contributed by atoms with Crippen LogP contribution in [0, 0.1) is 12.7 Å². The number of piperazine rings is 1. The number of hydrogen-bond donors (Lipinski definition) is 2. The maximum atomic E-state index is 15.0. The molecule has 3 aliphatic heterocycles. The predicted octanol–water partition coefficient (Wildman–Crippen LogP) is 4.90. The van der Waals surface area contributed by atoms with Crippen molar-refractivity contribution < 1.29 is 18.8 Å². The molecular weight excluding hydrogens is 587 g/mol. The van der Waals surface area contributed by atoms with Gasteiger partial charge in [-0.15, -0.1) is 0 Å². The van der Waals surface area contributed by atoms with Crippen molar-refractivity contribution in [1.82, 2.24) is 19.8 Å². The quantitative estimate of drug-likeness (QED) is 0.318. The average Bonchev–Trinajstić information content (AvgIpc) is 3.57. The summed E-state index contributed by atoms with van der Waals surface area (Å²) < 4.78 is 20.9. The monoisotopic (exact) mass is 630 g/mol. The number of piperidine rings is 1. The zero-order valence-electron chi connectivity index (χ0n) is 26.8. The topological polar surface area (TPSA) is 98.3 Å². The van der Waals surface area contributed by atoms with E-state index in [-0.39, 0.29) is 17.8 Å². The highest BCUT2D eigenvalue weighted by Crippen LogP contribution is 2.41. The lowest BCUT2D eigenvalue weighted by molar-refractivity contribution is -0.111. The molecule has 244 valence electrons. The number of likely N-dealkylation sites (N-methyl/N-ethyl adjacent to an activating group) is 1. The van der Waals surface area contributed by atoms with Crippen LogP contribution in [0.15, 0.2) is 55.4 Å². The summed E-state index contributed by atoms with van der Waals surface area (Å²) in [5, 5.41) is 7.98. The van der Waals surface area contributed by atoms with E-state index in [4.69, 9.17) is 9.57 Å². The lowest BCUT2D eigenvalue weighted by atomic mass is 10.0. The van der Waals surface area contributed by atoms with Gasteiger partial charge in [0.05, 0.1) is 36.8 Å². The molecule has 0 radical (unpaired) electrons. The molecule has 0 aliphatic carbocycles. The molecule has 1 aromatic heterocycles. The fourth-order valence-corrected chi connectivity index (χ4v) is 6.62. The molecular formula is C34H43FN8O3. The second-order valence-electron chi connectivity index (χ2n) is 12.1. The van der Waals surface area contributed by atoms with Gasteiger partial charge in [-0.3, -0.25) is 14.5 Å². The first-order valence-corrected chi connectivity index (χ1v) is 15.9. The van der Waals surface area contributed by atoms with Gasteiger partial charge in [0.15, 0.2) is 5.82 Å². The van der Waals surface area contributed by atoms with Crippen molar-refractivity contribution in [3.8, 4) is 5.75 Å². The Balaban J connectivity index is 1.23. The zero-order valence-corrected chi connectivity index (χ0v) is 26.8. The van der Waals surface area contributed by atoms with Crippen LogP contribution in [0.5, 0.6) is 5.75 Å². The number of methoxy groups -OCH3 is 1. The third-order valence-corrected chi connectivity index (χ3v) is 9.25. The fourth-order valence-electron chi connectivity index (χ4n) is 6.62. The number of halogens is 1. The number of hydroxylamine groups is 1. The molecule has 12 heteroatoms. The molecule has 2 aromatic carbocycles. The highest BCUT2D eigenvalue weighted by molar-refractivity contribution is 6.02. The van der Waals surface area contributed by atoms with Crippen LogP contribution in [0.2, 0.25) is 0 Å². The number of carbonyl (C=O) groups is 1. The summed E-state index contributed by atoms with van der Waals surface area (Å²) in [5.41, 5.74) is 3.32. The minimum absolute atomic E-state index is 0.238. The van der Waals surface area contributed by atoms with Gasteiger partial charge in [-0.05, 0) is 44.5 Å². The first kappa shape index (κ1) is 31.7. The number of amides is 1. The van der Waals surface area contributed by atoms with Crippen molar-refractivity contribution in [3.05, 3.63) is 72.3 Å². The number of nitrogens with zero attached hydrogens (tertiary/aromatic N) is 6.